The van der Waals surface area contributed by atoms with Gasteiger partial charge in [-0.15, -0.1) is 0 Å². The molecule has 5 heteroatoms. The predicted molar refractivity (Wildman–Crippen MR) is 43.9 cm³/mol. The lowest BCUT2D eigenvalue weighted by Gasteiger charge is -2.21. The molecule has 0 amide bonds. The summed E-state index contributed by atoms with van der Waals surface area (Å²) in [5.41, 5.74) is 0. The monoisotopic (exact) mass is 210 g/mol. The highest BCUT2D eigenvalue weighted by atomic mass is 19.4. The van der Waals surface area contributed by atoms with Crippen molar-refractivity contribution in [1.82, 2.24) is 0 Å². The smallest absolute Gasteiger partial charge is 0.378 e. The Hall–Kier alpha value is -0.580. The van der Waals surface area contributed by atoms with Crippen LogP contribution in [0.5, 0.6) is 0 Å². The van der Waals surface area contributed by atoms with Crippen molar-refractivity contribution >= 4 is 5.78 Å². The minimum atomic E-state index is -4.15. The molecule has 14 heavy (non-hydrogen) atoms. The van der Waals surface area contributed by atoms with Gasteiger partial charge in [0.1, 0.15) is 5.78 Å². The van der Waals surface area contributed by atoms with Crippen LogP contribution >= 0.6 is 0 Å². The number of hydrogen-bond acceptors (Lipinski definition) is 2. The fraction of sp³-hybridized carbons (Fsp3) is 0.889. The molecule has 1 fully saturated rings. The van der Waals surface area contributed by atoms with Crippen molar-refractivity contribution < 1.29 is 22.7 Å². The third-order valence-electron chi connectivity index (χ3n) is 2.23. The molecule has 0 radical (unpaired) electrons. The Labute approximate surface area is 80.4 Å². The fourth-order valence-corrected chi connectivity index (χ4v) is 1.42. The second-order valence-corrected chi connectivity index (χ2v) is 3.47. The van der Waals surface area contributed by atoms with Crippen LogP contribution in [0.15, 0.2) is 0 Å². The van der Waals surface area contributed by atoms with Gasteiger partial charge in [0.15, 0.2) is 0 Å². The zero-order chi connectivity index (χ0) is 10.6. The topological polar surface area (TPSA) is 26.3 Å². The van der Waals surface area contributed by atoms with E-state index in [1.165, 1.54) is 0 Å². The van der Waals surface area contributed by atoms with Crippen molar-refractivity contribution in [3.8, 4) is 0 Å². The first-order valence-electron chi connectivity index (χ1n) is 4.67. The van der Waals surface area contributed by atoms with Gasteiger partial charge < -0.3 is 4.74 Å². The van der Waals surface area contributed by atoms with Crippen molar-refractivity contribution in [3.63, 3.8) is 0 Å². The van der Waals surface area contributed by atoms with E-state index in [1.807, 2.05) is 0 Å². The summed E-state index contributed by atoms with van der Waals surface area (Å²) >= 11 is 0. The van der Waals surface area contributed by atoms with Gasteiger partial charge in [-0.05, 0) is 12.8 Å². The van der Waals surface area contributed by atoms with Gasteiger partial charge in [-0.25, -0.2) is 0 Å². The van der Waals surface area contributed by atoms with Crippen molar-refractivity contribution in [2.45, 2.75) is 44.4 Å². The largest absolute Gasteiger partial charge is 0.391 e. The van der Waals surface area contributed by atoms with Crippen LogP contribution in [0, 0.1) is 0 Å². The van der Waals surface area contributed by atoms with E-state index in [-0.39, 0.29) is 18.5 Å². The van der Waals surface area contributed by atoms with Gasteiger partial charge >= 0.3 is 6.18 Å². The maximum absolute atomic E-state index is 11.7. The Morgan fingerprint density at radius 3 is 2.36 bits per heavy atom. The van der Waals surface area contributed by atoms with Crippen LogP contribution in [0.3, 0.4) is 0 Å². The highest BCUT2D eigenvalue weighted by Gasteiger charge is 2.27. The van der Waals surface area contributed by atoms with E-state index >= 15 is 0 Å². The second-order valence-electron chi connectivity index (χ2n) is 3.47. The lowest BCUT2D eigenvalue weighted by Crippen LogP contribution is -2.23. The zero-order valence-electron chi connectivity index (χ0n) is 7.77. The van der Waals surface area contributed by atoms with Crippen LogP contribution in [0.1, 0.15) is 32.1 Å². The first-order chi connectivity index (χ1) is 6.47. The Morgan fingerprint density at radius 1 is 1.29 bits per heavy atom. The summed E-state index contributed by atoms with van der Waals surface area (Å²) in [6, 6.07) is 0. The van der Waals surface area contributed by atoms with E-state index in [1.54, 1.807) is 0 Å². The molecule has 0 heterocycles. The van der Waals surface area contributed by atoms with E-state index in [0.29, 0.717) is 25.7 Å². The molecule has 0 aromatic heterocycles. The molecule has 1 aliphatic carbocycles. The highest BCUT2D eigenvalue weighted by Crippen LogP contribution is 2.22. The summed E-state index contributed by atoms with van der Waals surface area (Å²) in [6.45, 7) is -0.289. The number of carbonyl (C=O) groups is 1. The SMILES string of the molecule is O=C1CCC(OCCC(F)(F)F)CC1. The third kappa shape index (κ3) is 4.60. The first-order valence-corrected chi connectivity index (χ1v) is 4.67. The molecule has 0 atom stereocenters. The molecule has 0 N–H and O–H groups in total. The molecular formula is C9H13F3O2. The molecule has 82 valence electrons. The number of ether oxygens (including phenoxy) is 1. The minimum absolute atomic E-state index is 0.157. The number of rotatable bonds is 3. The van der Waals surface area contributed by atoms with Crippen LogP contribution in [0.25, 0.3) is 0 Å². The van der Waals surface area contributed by atoms with Crippen molar-refractivity contribution in [2.75, 3.05) is 6.61 Å². The molecule has 0 aromatic carbocycles. The van der Waals surface area contributed by atoms with Gasteiger partial charge in [-0.1, -0.05) is 0 Å². The summed E-state index contributed by atoms with van der Waals surface area (Å²) in [5.74, 6) is 0.181. The number of carbonyl (C=O) groups excluding carboxylic acids is 1. The number of alkyl halides is 3. The molecule has 2 nitrogen and oxygen atoms in total. The standard InChI is InChI=1S/C9H13F3O2/c10-9(11,12)5-6-14-8-3-1-7(13)2-4-8/h8H,1-6H2. The van der Waals surface area contributed by atoms with Gasteiger partial charge in [0, 0.05) is 12.8 Å². The molecule has 1 aliphatic rings. The quantitative estimate of drug-likeness (QED) is 0.715. The summed E-state index contributed by atoms with van der Waals surface area (Å²) < 4.78 is 40.2. The lowest BCUT2D eigenvalue weighted by atomic mass is 9.96. The molecule has 0 aromatic rings. The van der Waals surface area contributed by atoms with Crippen molar-refractivity contribution in [2.24, 2.45) is 0 Å². The average molecular weight is 210 g/mol. The van der Waals surface area contributed by atoms with Crippen LogP contribution in [-0.2, 0) is 9.53 Å². The van der Waals surface area contributed by atoms with Crippen molar-refractivity contribution in [1.29, 1.82) is 0 Å². The average Bonchev–Trinajstić information content (AvgIpc) is 2.06. The van der Waals surface area contributed by atoms with Gasteiger partial charge in [-0.3, -0.25) is 4.79 Å². The minimum Gasteiger partial charge on any atom is -0.378 e. The van der Waals surface area contributed by atoms with Gasteiger partial charge in [0.25, 0.3) is 0 Å². The fourth-order valence-electron chi connectivity index (χ4n) is 1.42. The lowest BCUT2D eigenvalue weighted by molar-refractivity contribution is -0.151. The number of Topliss-reactive ketones (excluding diaryl/α,β-unsaturated/α-hetero) is 1. The summed E-state index contributed by atoms with van der Waals surface area (Å²) in [6.07, 6.45) is -3.20. The van der Waals surface area contributed by atoms with E-state index < -0.39 is 12.6 Å². The molecule has 0 aliphatic heterocycles. The summed E-state index contributed by atoms with van der Waals surface area (Å²) in [5, 5.41) is 0. The molecule has 1 rings (SSSR count). The Bertz CT molecular complexity index is 191. The van der Waals surface area contributed by atoms with E-state index in [4.69, 9.17) is 4.74 Å². The molecule has 0 saturated heterocycles. The van der Waals surface area contributed by atoms with E-state index in [9.17, 15) is 18.0 Å². The van der Waals surface area contributed by atoms with E-state index in [0.717, 1.165) is 0 Å². The molecule has 0 bridgehead atoms. The first kappa shape index (κ1) is 11.5. The Kier molecular flexibility index (Phi) is 3.92. The van der Waals surface area contributed by atoms with Crippen LogP contribution < -0.4 is 0 Å². The Balaban J connectivity index is 2.10. The second kappa shape index (κ2) is 4.77. The third-order valence-corrected chi connectivity index (χ3v) is 2.23. The number of hydrogen-bond donors (Lipinski definition) is 0. The molecular weight excluding hydrogens is 197 g/mol. The summed E-state index contributed by atoms with van der Waals surface area (Å²) in [7, 11) is 0. The molecule has 1 saturated carbocycles. The molecule has 0 spiro atoms. The Morgan fingerprint density at radius 2 is 1.86 bits per heavy atom. The van der Waals surface area contributed by atoms with Gasteiger partial charge in [-0.2, -0.15) is 13.2 Å². The van der Waals surface area contributed by atoms with Crippen molar-refractivity contribution in [3.05, 3.63) is 0 Å². The van der Waals surface area contributed by atoms with Gasteiger partial charge in [0.2, 0.25) is 0 Å². The normalized spacial score (nSPS) is 20.1. The van der Waals surface area contributed by atoms with Crippen LogP contribution in [0.2, 0.25) is 0 Å². The van der Waals surface area contributed by atoms with Gasteiger partial charge in [0.05, 0.1) is 19.1 Å². The molecule has 0 unspecified atom stereocenters. The number of halogens is 3. The number of ketones is 1. The predicted octanol–water partition coefficient (Wildman–Crippen LogP) is 2.47. The maximum Gasteiger partial charge on any atom is 0.391 e. The van der Waals surface area contributed by atoms with Crippen LogP contribution in [-0.4, -0.2) is 24.7 Å². The maximum atomic E-state index is 11.7. The zero-order valence-corrected chi connectivity index (χ0v) is 7.77. The van der Waals surface area contributed by atoms with Crippen LogP contribution in [0.4, 0.5) is 13.2 Å². The summed E-state index contributed by atoms with van der Waals surface area (Å²) in [4.78, 5) is 10.8. The van der Waals surface area contributed by atoms with E-state index in [2.05, 4.69) is 0 Å². The highest BCUT2D eigenvalue weighted by molar-refractivity contribution is 5.79.